The Morgan fingerprint density at radius 1 is 0.955 bits per heavy atom. The number of hydrogen-bond acceptors (Lipinski definition) is 2. The zero-order valence-corrected chi connectivity index (χ0v) is 14.2. The average Bonchev–Trinajstić information content (AvgIpc) is 2.53. The second-order valence-electron chi connectivity index (χ2n) is 5.38. The summed E-state index contributed by atoms with van der Waals surface area (Å²) in [6.45, 7) is 0. The SMILES string of the molecule is CN(C)c1ccc(/C=C/c2ccnc3ccc(Br)cc23)cc1. The number of hydrogen-bond donors (Lipinski definition) is 0. The summed E-state index contributed by atoms with van der Waals surface area (Å²) in [5.74, 6) is 0. The fourth-order valence-electron chi connectivity index (χ4n) is 2.35. The predicted octanol–water partition coefficient (Wildman–Crippen LogP) is 5.23. The number of nitrogens with zero attached hydrogens (tertiary/aromatic N) is 2. The molecule has 1 aromatic heterocycles. The average molecular weight is 353 g/mol. The van der Waals surface area contributed by atoms with Crippen LogP contribution in [0.4, 0.5) is 5.69 Å². The normalized spacial score (nSPS) is 11.2. The molecule has 0 amide bonds. The molecular weight excluding hydrogens is 336 g/mol. The molecule has 110 valence electrons. The van der Waals surface area contributed by atoms with Crippen LogP contribution < -0.4 is 4.90 Å². The molecule has 2 nitrogen and oxygen atoms in total. The van der Waals surface area contributed by atoms with Gasteiger partial charge in [0.1, 0.15) is 0 Å². The van der Waals surface area contributed by atoms with Crippen LogP contribution in [0.25, 0.3) is 23.1 Å². The van der Waals surface area contributed by atoms with Crippen molar-refractivity contribution in [1.29, 1.82) is 0 Å². The molecule has 0 saturated carbocycles. The molecule has 0 spiro atoms. The predicted molar refractivity (Wildman–Crippen MR) is 99.1 cm³/mol. The highest BCUT2D eigenvalue weighted by Crippen LogP contribution is 2.23. The van der Waals surface area contributed by atoms with Crippen molar-refractivity contribution in [1.82, 2.24) is 4.98 Å². The molecule has 3 rings (SSSR count). The minimum absolute atomic E-state index is 1.01. The Labute approximate surface area is 139 Å². The summed E-state index contributed by atoms with van der Waals surface area (Å²) in [7, 11) is 4.09. The van der Waals surface area contributed by atoms with Crippen LogP contribution in [-0.2, 0) is 0 Å². The Balaban J connectivity index is 1.93. The summed E-state index contributed by atoms with van der Waals surface area (Å²) < 4.78 is 1.07. The molecule has 3 heteroatoms. The van der Waals surface area contributed by atoms with Crippen molar-refractivity contribution in [3.63, 3.8) is 0 Å². The van der Waals surface area contributed by atoms with Crippen molar-refractivity contribution in [3.05, 3.63) is 70.3 Å². The first-order chi connectivity index (χ1) is 10.6. The van der Waals surface area contributed by atoms with E-state index in [0.717, 1.165) is 15.4 Å². The Morgan fingerprint density at radius 3 is 2.45 bits per heavy atom. The molecule has 3 aromatic rings. The van der Waals surface area contributed by atoms with E-state index < -0.39 is 0 Å². The molecule has 0 aliphatic heterocycles. The van der Waals surface area contributed by atoms with Gasteiger partial charge in [-0.15, -0.1) is 0 Å². The molecule has 0 aliphatic carbocycles. The van der Waals surface area contributed by atoms with Gasteiger partial charge in [0, 0.05) is 35.8 Å². The fraction of sp³-hybridized carbons (Fsp3) is 0.105. The van der Waals surface area contributed by atoms with E-state index in [0.29, 0.717) is 0 Å². The Bertz CT molecular complexity index is 820. The Kier molecular flexibility index (Phi) is 4.25. The van der Waals surface area contributed by atoms with Gasteiger partial charge in [-0.3, -0.25) is 4.98 Å². The number of benzene rings is 2. The Morgan fingerprint density at radius 2 is 1.73 bits per heavy atom. The first-order valence-electron chi connectivity index (χ1n) is 7.13. The van der Waals surface area contributed by atoms with E-state index in [4.69, 9.17) is 0 Å². The van der Waals surface area contributed by atoms with E-state index in [1.165, 1.54) is 16.8 Å². The lowest BCUT2D eigenvalue weighted by atomic mass is 10.1. The van der Waals surface area contributed by atoms with E-state index in [-0.39, 0.29) is 0 Å². The van der Waals surface area contributed by atoms with Gasteiger partial charge in [0.05, 0.1) is 5.52 Å². The molecule has 0 radical (unpaired) electrons. The third-order valence-corrected chi connectivity index (χ3v) is 4.10. The second-order valence-corrected chi connectivity index (χ2v) is 6.30. The van der Waals surface area contributed by atoms with Gasteiger partial charge in [-0.05, 0) is 47.5 Å². The quantitative estimate of drug-likeness (QED) is 0.641. The molecule has 0 unspecified atom stereocenters. The molecule has 0 fully saturated rings. The molecule has 1 heterocycles. The lowest BCUT2D eigenvalue weighted by Gasteiger charge is -2.11. The van der Waals surface area contributed by atoms with E-state index in [2.05, 4.69) is 68.3 Å². The topological polar surface area (TPSA) is 16.1 Å². The van der Waals surface area contributed by atoms with Crippen molar-refractivity contribution < 1.29 is 0 Å². The van der Waals surface area contributed by atoms with Crippen LogP contribution in [0, 0.1) is 0 Å². The maximum Gasteiger partial charge on any atom is 0.0708 e. The lowest BCUT2D eigenvalue weighted by Crippen LogP contribution is -2.07. The highest BCUT2D eigenvalue weighted by atomic mass is 79.9. The number of aromatic nitrogens is 1. The van der Waals surface area contributed by atoms with Gasteiger partial charge >= 0.3 is 0 Å². The zero-order chi connectivity index (χ0) is 15.5. The van der Waals surface area contributed by atoms with Crippen LogP contribution in [0.15, 0.2) is 59.2 Å². The molecule has 0 atom stereocenters. The third kappa shape index (κ3) is 3.20. The van der Waals surface area contributed by atoms with Gasteiger partial charge in [-0.25, -0.2) is 0 Å². The molecule has 0 aliphatic rings. The molecule has 0 N–H and O–H groups in total. The van der Waals surface area contributed by atoms with Crippen LogP contribution in [0.5, 0.6) is 0 Å². The van der Waals surface area contributed by atoms with Crippen LogP contribution in [0.1, 0.15) is 11.1 Å². The van der Waals surface area contributed by atoms with Crippen LogP contribution in [0.3, 0.4) is 0 Å². The summed E-state index contributed by atoms with van der Waals surface area (Å²) >= 11 is 3.53. The van der Waals surface area contributed by atoms with E-state index in [1.54, 1.807) is 0 Å². The fourth-order valence-corrected chi connectivity index (χ4v) is 2.72. The third-order valence-electron chi connectivity index (χ3n) is 3.60. The summed E-state index contributed by atoms with van der Waals surface area (Å²) in [5.41, 5.74) is 4.57. The van der Waals surface area contributed by atoms with Gasteiger partial charge < -0.3 is 4.90 Å². The summed E-state index contributed by atoms with van der Waals surface area (Å²) in [4.78, 5) is 6.51. The lowest BCUT2D eigenvalue weighted by molar-refractivity contribution is 1.13. The first-order valence-corrected chi connectivity index (χ1v) is 7.92. The smallest absolute Gasteiger partial charge is 0.0708 e. The number of rotatable bonds is 3. The van der Waals surface area contributed by atoms with Crippen molar-refractivity contribution in [2.45, 2.75) is 0 Å². The molecule has 0 bridgehead atoms. The van der Waals surface area contributed by atoms with Crippen LogP contribution in [-0.4, -0.2) is 19.1 Å². The maximum atomic E-state index is 4.41. The van der Waals surface area contributed by atoms with Gasteiger partial charge in [-0.1, -0.05) is 40.2 Å². The minimum Gasteiger partial charge on any atom is -0.378 e. The van der Waals surface area contributed by atoms with Crippen molar-refractivity contribution in [2.24, 2.45) is 0 Å². The maximum absolute atomic E-state index is 4.41. The molecule has 22 heavy (non-hydrogen) atoms. The molecule has 0 saturated heterocycles. The van der Waals surface area contributed by atoms with E-state index >= 15 is 0 Å². The Hall–Kier alpha value is -2.13. The summed E-state index contributed by atoms with van der Waals surface area (Å²) in [6, 6.07) is 16.7. The van der Waals surface area contributed by atoms with Crippen LogP contribution in [0.2, 0.25) is 0 Å². The van der Waals surface area contributed by atoms with Gasteiger partial charge in [-0.2, -0.15) is 0 Å². The summed E-state index contributed by atoms with van der Waals surface area (Å²) in [5, 5.41) is 1.15. The second kappa shape index (κ2) is 6.32. The van der Waals surface area contributed by atoms with Gasteiger partial charge in [0.2, 0.25) is 0 Å². The number of pyridine rings is 1. The molecule has 2 aromatic carbocycles. The first kappa shape index (κ1) is 14.8. The van der Waals surface area contributed by atoms with Crippen molar-refractivity contribution in [2.75, 3.05) is 19.0 Å². The minimum atomic E-state index is 1.01. The van der Waals surface area contributed by atoms with Gasteiger partial charge in [0.15, 0.2) is 0 Å². The number of fused-ring (bicyclic) bond motifs is 1. The van der Waals surface area contributed by atoms with Crippen molar-refractivity contribution in [3.8, 4) is 0 Å². The van der Waals surface area contributed by atoms with E-state index in [9.17, 15) is 0 Å². The standard InChI is InChI=1S/C19H17BrN2/c1-22(2)17-8-4-14(5-9-17)3-6-15-11-12-21-19-10-7-16(20)13-18(15)19/h3-13H,1-2H3/b6-3+. The number of halogens is 1. The van der Waals surface area contributed by atoms with Crippen molar-refractivity contribution >= 4 is 44.7 Å². The summed E-state index contributed by atoms with van der Waals surface area (Å²) in [6.07, 6.45) is 6.13. The largest absolute Gasteiger partial charge is 0.378 e. The van der Waals surface area contributed by atoms with E-state index in [1.807, 2.05) is 38.5 Å². The van der Waals surface area contributed by atoms with Gasteiger partial charge in [0.25, 0.3) is 0 Å². The molecular formula is C19H17BrN2. The highest BCUT2D eigenvalue weighted by Gasteiger charge is 2.00. The number of anilines is 1. The zero-order valence-electron chi connectivity index (χ0n) is 12.6. The highest BCUT2D eigenvalue weighted by molar-refractivity contribution is 9.10. The van der Waals surface area contributed by atoms with Crippen LogP contribution >= 0.6 is 15.9 Å². The monoisotopic (exact) mass is 352 g/mol.